The molecule has 3 rings (SSSR count). The van der Waals surface area contributed by atoms with Gasteiger partial charge in [-0.1, -0.05) is 70.2 Å². The van der Waals surface area contributed by atoms with Crippen molar-refractivity contribution < 1.29 is 14.3 Å². The molecule has 0 aromatic heterocycles. The van der Waals surface area contributed by atoms with Gasteiger partial charge in [-0.25, -0.2) is 4.79 Å². The zero-order valence-corrected chi connectivity index (χ0v) is 20.5. The molecule has 2 aromatic carbocycles. The molecular weight excluding hydrogens is 488 g/mol. The maximum atomic E-state index is 12.9. The average Bonchev–Trinajstić information content (AvgIpc) is 2.78. The summed E-state index contributed by atoms with van der Waals surface area (Å²) in [6.07, 6.45) is 0. The Morgan fingerprint density at radius 1 is 1.19 bits per heavy atom. The van der Waals surface area contributed by atoms with E-state index in [0.717, 1.165) is 10.0 Å². The van der Waals surface area contributed by atoms with Gasteiger partial charge in [-0.15, -0.1) is 0 Å². The molecule has 1 aliphatic heterocycles. The number of halogens is 1. The van der Waals surface area contributed by atoms with Gasteiger partial charge in [0, 0.05) is 15.7 Å². The van der Waals surface area contributed by atoms with Crippen LogP contribution in [0.3, 0.4) is 0 Å². The number of nitriles is 1. The monoisotopic (exact) mass is 510 g/mol. The number of rotatable bonds is 7. The van der Waals surface area contributed by atoms with Crippen LogP contribution in [-0.2, 0) is 14.9 Å². The molecule has 1 aliphatic rings. The maximum Gasteiger partial charge on any atom is 0.337 e. The number of carbonyl (C=O) groups excluding carboxylic acids is 2. The minimum atomic E-state index is -1.02. The molecular formula is C25H23BrN2O3S. The predicted octanol–water partition coefficient (Wildman–Crippen LogP) is 5.50. The molecule has 1 N–H and O–H groups in total. The first-order chi connectivity index (χ1) is 15.3. The zero-order valence-electron chi connectivity index (χ0n) is 18.1. The lowest BCUT2D eigenvalue weighted by molar-refractivity contribution is -0.139. The topological polar surface area (TPSA) is 79.2 Å². The van der Waals surface area contributed by atoms with E-state index in [2.05, 4.69) is 27.3 Å². The fraction of sp³-hybridized carbons (Fsp3) is 0.240. The lowest BCUT2D eigenvalue weighted by Crippen LogP contribution is -2.40. The van der Waals surface area contributed by atoms with Crippen molar-refractivity contribution in [3.8, 4) is 6.07 Å². The van der Waals surface area contributed by atoms with Crippen molar-refractivity contribution in [2.75, 3.05) is 12.4 Å². The van der Waals surface area contributed by atoms with E-state index in [9.17, 15) is 14.9 Å². The third kappa shape index (κ3) is 4.67. The molecule has 0 amide bonds. The van der Waals surface area contributed by atoms with Crippen LogP contribution in [0.15, 0.2) is 80.9 Å². The molecule has 0 saturated carbocycles. The van der Waals surface area contributed by atoms with Crippen molar-refractivity contribution >= 4 is 39.4 Å². The zero-order chi connectivity index (χ0) is 23.3. The Kier molecular flexibility index (Phi) is 7.60. The van der Waals surface area contributed by atoms with E-state index >= 15 is 0 Å². The molecule has 1 heterocycles. The fourth-order valence-corrected chi connectivity index (χ4v) is 5.26. The van der Waals surface area contributed by atoms with Gasteiger partial charge < -0.3 is 10.1 Å². The molecule has 5 nitrogen and oxygen atoms in total. The molecule has 2 aromatic rings. The van der Waals surface area contributed by atoms with E-state index in [4.69, 9.17) is 4.74 Å². The molecule has 0 saturated heterocycles. The second kappa shape index (κ2) is 10.2. The third-order valence-electron chi connectivity index (χ3n) is 5.34. The standard InChI is InChI=1S/C25H23BrN2O3S/c1-4-31-24(30)22-16(2)28-23(32-15-21(29)17-9-8-12-19(26)13-17)20(14-27)25(22,3)18-10-6-5-7-11-18/h5-13,28H,4,15H2,1-3H3. The van der Waals surface area contributed by atoms with Gasteiger partial charge in [0.2, 0.25) is 0 Å². The summed E-state index contributed by atoms with van der Waals surface area (Å²) in [7, 11) is 0. The first kappa shape index (κ1) is 23.8. The summed E-state index contributed by atoms with van der Waals surface area (Å²) in [6, 6.07) is 18.9. The van der Waals surface area contributed by atoms with Crippen LogP contribution in [0.5, 0.6) is 0 Å². The number of nitrogens with zero attached hydrogens (tertiary/aromatic N) is 1. The van der Waals surface area contributed by atoms with E-state index in [1.54, 1.807) is 26.0 Å². The van der Waals surface area contributed by atoms with E-state index in [1.807, 2.05) is 49.4 Å². The molecule has 0 spiro atoms. The van der Waals surface area contributed by atoms with Crippen LogP contribution >= 0.6 is 27.7 Å². The Hall–Kier alpha value is -2.82. The SMILES string of the molecule is CCOC(=O)C1=C(C)NC(SCC(=O)c2cccc(Br)c2)=C(C#N)C1(C)c1ccccc1. The number of esters is 1. The van der Waals surface area contributed by atoms with Crippen LogP contribution in [0.25, 0.3) is 0 Å². The van der Waals surface area contributed by atoms with Crippen LogP contribution in [-0.4, -0.2) is 24.1 Å². The second-order valence-electron chi connectivity index (χ2n) is 7.37. The minimum Gasteiger partial charge on any atom is -0.463 e. The van der Waals surface area contributed by atoms with Gasteiger partial charge in [0.05, 0.1) is 40.0 Å². The smallest absolute Gasteiger partial charge is 0.337 e. The van der Waals surface area contributed by atoms with Gasteiger partial charge in [-0.05, 0) is 38.5 Å². The Morgan fingerprint density at radius 3 is 2.53 bits per heavy atom. The van der Waals surface area contributed by atoms with E-state index in [0.29, 0.717) is 27.4 Å². The van der Waals surface area contributed by atoms with Crippen molar-refractivity contribution in [2.24, 2.45) is 0 Å². The lowest BCUT2D eigenvalue weighted by Gasteiger charge is -2.37. The quantitative estimate of drug-likeness (QED) is 0.391. The summed E-state index contributed by atoms with van der Waals surface area (Å²) < 4.78 is 6.16. The number of thioether (sulfide) groups is 1. The van der Waals surface area contributed by atoms with Crippen LogP contribution in [0.2, 0.25) is 0 Å². The number of hydrogen-bond acceptors (Lipinski definition) is 6. The van der Waals surface area contributed by atoms with Crippen LogP contribution in [0, 0.1) is 11.3 Å². The normalized spacial score (nSPS) is 18.1. The minimum absolute atomic E-state index is 0.0536. The summed E-state index contributed by atoms with van der Waals surface area (Å²) in [5.74, 6) is -0.371. The molecule has 164 valence electrons. The summed E-state index contributed by atoms with van der Waals surface area (Å²) in [5, 5.41) is 13.9. The number of ether oxygens (including phenoxy) is 1. The van der Waals surface area contributed by atoms with Crippen molar-refractivity contribution in [1.82, 2.24) is 5.32 Å². The second-order valence-corrected chi connectivity index (χ2v) is 9.28. The van der Waals surface area contributed by atoms with E-state index in [-0.39, 0.29) is 18.1 Å². The van der Waals surface area contributed by atoms with Gasteiger partial charge in [0.15, 0.2) is 5.78 Å². The van der Waals surface area contributed by atoms with Gasteiger partial charge in [-0.2, -0.15) is 5.26 Å². The van der Waals surface area contributed by atoms with Crippen molar-refractivity contribution in [1.29, 1.82) is 5.26 Å². The van der Waals surface area contributed by atoms with Crippen LogP contribution in [0.1, 0.15) is 36.7 Å². The number of dihydropyridines is 1. The van der Waals surface area contributed by atoms with Crippen molar-refractivity contribution in [3.05, 3.63) is 92.1 Å². The number of benzene rings is 2. The third-order valence-corrected chi connectivity index (χ3v) is 6.83. The largest absolute Gasteiger partial charge is 0.463 e. The molecule has 0 radical (unpaired) electrons. The highest BCUT2D eigenvalue weighted by atomic mass is 79.9. The first-order valence-corrected chi connectivity index (χ1v) is 11.9. The van der Waals surface area contributed by atoms with Gasteiger partial charge in [0.1, 0.15) is 0 Å². The Bertz CT molecular complexity index is 1150. The van der Waals surface area contributed by atoms with Crippen molar-refractivity contribution in [2.45, 2.75) is 26.2 Å². The highest BCUT2D eigenvalue weighted by Crippen LogP contribution is 2.46. The van der Waals surface area contributed by atoms with E-state index in [1.165, 1.54) is 11.8 Å². The molecule has 32 heavy (non-hydrogen) atoms. The molecule has 1 unspecified atom stereocenters. The first-order valence-electron chi connectivity index (χ1n) is 10.1. The highest BCUT2D eigenvalue weighted by Gasteiger charge is 2.45. The molecule has 7 heteroatoms. The lowest BCUT2D eigenvalue weighted by atomic mass is 9.69. The van der Waals surface area contributed by atoms with E-state index < -0.39 is 11.4 Å². The summed E-state index contributed by atoms with van der Waals surface area (Å²) >= 11 is 4.65. The number of ketones is 1. The molecule has 1 atom stereocenters. The summed E-state index contributed by atoms with van der Waals surface area (Å²) in [5.41, 5.74) is 1.75. The van der Waals surface area contributed by atoms with Gasteiger partial charge >= 0.3 is 5.97 Å². The van der Waals surface area contributed by atoms with Crippen molar-refractivity contribution in [3.63, 3.8) is 0 Å². The fourth-order valence-electron chi connectivity index (χ4n) is 3.80. The van der Waals surface area contributed by atoms with Gasteiger partial charge in [0.25, 0.3) is 0 Å². The number of hydrogen-bond donors (Lipinski definition) is 1. The Morgan fingerprint density at radius 2 is 1.91 bits per heavy atom. The van der Waals surface area contributed by atoms with Gasteiger partial charge in [-0.3, -0.25) is 4.79 Å². The Balaban J connectivity index is 2.03. The average molecular weight is 511 g/mol. The molecule has 0 bridgehead atoms. The number of Topliss-reactive ketones (excluding diaryl/α,β-unsaturated/α-hetero) is 1. The molecule has 0 fully saturated rings. The predicted molar refractivity (Wildman–Crippen MR) is 130 cm³/mol. The summed E-state index contributed by atoms with van der Waals surface area (Å²) in [4.78, 5) is 25.7. The highest BCUT2D eigenvalue weighted by molar-refractivity contribution is 9.10. The maximum absolute atomic E-state index is 12.9. The number of nitrogens with one attached hydrogen (secondary N) is 1. The number of carbonyl (C=O) groups is 2. The molecule has 0 aliphatic carbocycles. The Labute approximate surface area is 200 Å². The van der Waals surface area contributed by atoms with Crippen LogP contribution < -0.4 is 5.32 Å². The number of allylic oxidation sites excluding steroid dienone is 2. The summed E-state index contributed by atoms with van der Waals surface area (Å²) in [6.45, 7) is 5.63. The van der Waals surface area contributed by atoms with Crippen LogP contribution in [0.4, 0.5) is 0 Å².